The van der Waals surface area contributed by atoms with E-state index < -0.39 is 15.5 Å². The molecule has 0 unspecified atom stereocenters. The quantitative estimate of drug-likeness (QED) is 0.251. The Bertz CT molecular complexity index is 335. The van der Waals surface area contributed by atoms with Gasteiger partial charge in [-0.1, -0.05) is 0 Å². The molecule has 0 saturated carbocycles. The molecule has 8 nitrogen and oxygen atoms in total. The number of halogens is 3. The van der Waals surface area contributed by atoms with Crippen LogP contribution in [0.4, 0.5) is 13.2 Å². The molecule has 0 aliphatic rings. The summed E-state index contributed by atoms with van der Waals surface area (Å²) in [6.07, 6.45) is 0. The minimum atomic E-state index is -5.64. The van der Waals surface area contributed by atoms with E-state index in [-0.39, 0.29) is 29.6 Å². The van der Waals surface area contributed by atoms with Crippen molar-refractivity contribution in [3.8, 4) is 0 Å². The fourth-order valence-electron chi connectivity index (χ4n) is 0.0944. The maximum atomic E-state index is 11.2. The first-order chi connectivity index (χ1) is 5.72. The van der Waals surface area contributed by atoms with Crippen molar-refractivity contribution >= 4 is 10.0 Å². The number of sulfonamides is 1. The normalized spacial score (nSPS) is 9.36. The Hall–Kier alpha value is -0.640. The molecular formula is CF3N6NaO2S. The largest absolute Gasteiger partial charge is 1.00 e. The maximum absolute atomic E-state index is 11.2. The summed E-state index contributed by atoms with van der Waals surface area (Å²) in [7, 11) is -5.64. The molecule has 0 rings (SSSR count). The van der Waals surface area contributed by atoms with Crippen LogP contribution in [-0.2, 0) is 10.0 Å². The first kappa shape index (κ1) is 19.0. The molecule has 0 saturated heterocycles. The molecule has 0 bridgehead atoms. The summed E-state index contributed by atoms with van der Waals surface area (Å²) >= 11 is 0. The summed E-state index contributed by atoms with van der Waals surface area (Å²) in [4.78, 5) is 2.99. The van der Waals surface area contributed by atoms with E-state index in [9.17, 15) is 21.6 Å². The number of azide groups is 1. The van der Waals surface area contributed by atoms with Crippen molar-refractivity contribution in [1.82, 2.24) is 0 Å². The first-order valence-corrected chi connectivity index (χ1v) is 3.53. The molecule has 0 atom stereocenters. The molecule has 0 spiro atoms. The third-order valence-corrected chi connectivity index (χ3v) is 1.31. The SMILES string of the molecule is [N-]=[N+]=NS(=O)(=O)C(F)(F)F.[N-]=[N+]=[N-].[Na+]. The van der Waals surface area contributed by atoms with Crippen LogP contribution in [0.25, 0.3) is 26.4 Å². The monoisotopic (exact) mass is 240 g/mol. The summed E-state index contributed by atoms with van der Waals surface area (Å²) < 4.78 is 54.5. The van der Waals surface area contributed by atoms with Crippen molar-refractivity contribution in [2.75, 3.05) is 0 Å². The second-order valence-corrected chi connectivity index (χ2v) is 2.76. The zero-order chi connectivity index (χ0) is 11.1. The molecule has 14 heavy (non-hydrogen) atoms. The fourth-order valence-corrected chi connectivity index (χ4v) is 0.283. The van der Waals surface area contributed by atoms with Gasteiger partial charge in [0, 0.05) is 9.43 Å². The summed E-state index contributed by atoms with van der Waals surface area (Å²) in [5.41, 5.74) is 15.3. The van der Waals surface area contributed by atoms with Gasteiger partial charge in [0.15, 0.2) is 0 Å². The van der Waals surface area contributed by atoms with Crippen molar-refractivity contribution in [3.05, 3.63) is 26.4 Å². The van der Waals surface area contributed by atoms with Gasteiger partial charge < -0.3 is 11.1 Å². The standard InChI is InChI=1S/CF3N3O2S.N3.Na/c2-1(3,4)10(8,9)7-6-5;1-3-2;/q;-1;+1. The molecule has 0 amide bonds. The molecular weight excluding hydrogens is 240 g/mol. The third kappa shape index (κ3) is 7.98. The molecule has 0 heterocycles. The van der Waals surface area contributed by atoms with E-state index in [2.05, 4.69) is 0 Å². The predicted molar refractivity (Wildman–Crippen MR) is 34.2 cm³/mol. The van der Waals surface area contributed by atoms with Crippen LogP contribution >= 0.6 is 0 Å². The smallest absolute Gasteiger partial charge is 0.373 e. The van der Waals surface area contributed by atoms with Crippen LogP contribution in [-0.4, -0.2) is 13.9 Å². The van der Waals surface area contributed by atoms with Gasteiger partial charge >= 0.3 is 45.1 Å². The van der Waals surface area contributed by atoms with Gasteiger partial charge in [0.05, 0.1) is 0 Å². The van der Waals surface area contributed by atoms with E-state index in [1.54, 1.807) is 4.52 Å². The molecule has 13 heteroatoms. The van der Waals surface area contributed by atoms with Crippen LogP contribution < -0.4 is 29.6 Å². The van der Waals surface area contributed by atoms with Crippen molar-refractivity contribution < 1.29 is 51.1 Å². The fraction of sp³-hybridized carbons (Fsp3) is 1.00. The van der Waals surface area contributed by atoms with E-state index in [0.29, 0.717) is 0 Å². The van der Waals surface area contributed by atoms with Gasteiger partial charge in [0.25, 0.3) is 0 Å². The predicted octanol–water partition coefficient (Wildman–Crippen LogP) is -0.984. The Balaban J connectivity index is -0.000000267. The van der Waals surface area contributed by atoms with Gasteiger partial charge in [-0.25, -0.2) is 8.42 Å². The third-order valence-electron chi connectivity index (χ3n) is 0.436. The van der Waals surface area contributed by atoms with Crippen LogP contribution in [0.2, 0.25) is 0 Å². The number of rotatable bonds is 1. The average molecular weight is 240 g/mol. The molecule has 0 fully saturated rings. The number of nitrogens with zero attached hydrogens (tertiary/aromatic N) is 6. The van der Waals surface area contributed by atoms with Crippen LogP contribution in [0.1, 0.15) is 0 Å². The molecule has 0 aliphatic carbocycles. The summed E-state index contributed by atoms with van der Waals surface area (Å²) in [6.45, 7) is 0. The van der Waals surface area contributed by atoms with Crippen molar-refractivity contribution in [2.24, 2.45) is 4.52 Å². The van der Waals surface area contributed by atoms with Crippen LogP contribution in [0.3, 0.4) is 0 Å². The van der Waals surface area contributed by atoms with E-state index >= 15 is 0 Å². The number of hydrogen-bond donors (Lipinski definition) is 0. The van der Waals surface area contributed by atoms with Crippen molar-refractivity contribution in [3.63, 3.8) is 0 Å². The van der Waals surface area contributed by atoms with Crippen molar-refractivity contribution in [1.29, 1.82) is 0 Å². The van der Waals surface area contributed by atoms with Gasteiger partial charge in [0.1, 0.15) is 0 Å². The van der Waals surface area contributed by atoms with Crippen LogP contribution in [0.5, 0.6) is 0 Å². The van der Waals surface area contributed by atoms with E-state index in [1.807, 2.05) is 0 Å². The molecule has 0 radical (unpaired) electrons. The Kier molecular flexibility index (Phi) is 10.5. The average Bonchev–Trinajstić information content (AvgIpc) is 1.85. The number of hydrogen-bond acceptors (Lipinski definition) is 2. The molecule has 0 N–H and O–H groups in total. The first-order valence-electron chi connectivity index (χ1n) is 2.09. The summed E-state index contributed by atoms with van der Waals surface area (Å²) in [6, 6.07) is 0. The minimum absolute atomic E-state index is 0. The Labute approximate surface area is 97.5 Å². The zero-order valence-corrected chi connectivity index (χ0v) is 9.36. The topological polar surface area (TPSA) is 142 Å². The van der Waals surface area contributed by atoms with Gasteiger partial charge in [-0.15, -0.1) is 0 Å². The van der Waals surface area contributed by atoms with E-state index in [1.165, 1.54) is 9.82 Å². The van der Waals surface area contributed by atoms with E-state index in [4.69, 9.17) is 16.6 Å². The molecule has 0 aliphatic heterocycles. The Morgan fingerprint density at radius 3 is 1.50 bits per heavy atom. The van der Waals surface area contributed by atoms with Crippen LogP contribution in [0.15, 0.2) is 4.52 Å². The molecule has 0 aromatic carbocycles. The molecule has 0 aromatic rings. The second kappa shape index (κ2) is 7.74. The van der Waals surface area contributed by atoms with Gasteiger partial charge in [-0.05, 0) is 5.53 Å². The second-order valence-electron chi connectivity index (χ2n) is 1.18. The summed E-state index contributed by atoms with van der Waals surface area (Å²) in [5, 5.41) is 0. The van der Waals surface area contributed by atoms with Gasteiger partial charge in [0.2, 0.25) is 0 Å². The summed E-state index contributed by atoms with van der Waals surface area (Å²) in [5.74, 6) is 0. The Morgan fingerprint density at radius 2 is 1.43 bits per heavy atom. The van der Waals surface area contributed by atoms with Crippen molar-refractivity contribution in [2.45, 2.75) is 5.51 Å². The molecule has 74 valence electrons. The van der Waals surface area contributed by atoms with Crippen LogP contribution in [0, 0.1) is 0 Å². The maximum Gasteiger partial charge on any atom is 1.00 e. The number of alkyl halides is 3. The van der Waals surface area contributed by atoms with E-state index in [0.717, 1.165) is 0 Å². The Morgan fingerprint density at radius 1 is 1.14 bits per heavy atom. The van der Waals surface area contributed by atoms with Gasteiger partial charge in [-0.3, -0.25) is 4.91 Å². The van der Waals surface area contributed by atoms with Gasteiger partial charge in [-0.2, -0.15) is 13.2 Å². The molecule has 0 aromatic heterocycles. The minimum Gasteiger partial charge on any atom is -0.373 e. The zero-order valence-electron chi connectivity index (χ0n) is 6.54.